The summed E-state index contributed by atoms with van der Waals surface area (Å²) < 4.78 is 4.07. The molecule has 20 heavy (non-hydrogen) atoms. The Bertz CT molecular complexity index is 761. The molecule has 3 N–H and O–H groups in total. The van der Waals surface area contributed by atoms with Crippen molar-refractivity contribution in [3.63, 3.8) is 0 Å². The summed E-state index contributed by atoms with van der Waals surface area (Å²) in [5.41, 5.74) is 5.22. The lowest BCUT2D eigenvalue weighted by Crippen LogP contribution is -2.37. The van der Waals surface area contributed by atoms with Gasteiger partial charge in [0.2, 0.25) is 0 Å². The smallest absolute Gasteiger partial charge is 0.332 e. The Balaban J connectivity index is 0.00000200. The topological polar surface area (TPSA) is 112 Å². The molecule has 0 saturated heterocycles. The molecule has 2 heterocycles. The van der Waals surface area contributed by atoms with Gasteiger partial charge in [-0.05, 0) is 0 Å². The monoisotopic (exact) mass is 410 g/mol. The molecule has 0 radical (unpaired) electrons. The number of aromatic nitrogens is 4. The van der Waals surface area contributed by atoms with Crippen LogP contribution >= 0.6 is 35.7 Å². The highest BCUT2D eigenvalue weighted by Gasteiger charge is 2.13. The molecule has 0 bridgehead atoms. The van der Waals surface area contributed by atoms with E-state index in [1.807, 2.05) is 0 Å². The quantitative estimate of drug-likeness (QED) is 0.409. The maximum absolute atomic E-state index is 12.1. The number of nitrogens with one attached hydrogen (secondary N) is 1. The lowest BCUT2D eigenvalue weighted by Gasteiger charge is -2.06. The molecule has 10 heteroatoms. The van der Waals surface area contributed by atoms with Gasteiger partial charge in [-0.3, -0.25) is 19.3 Å². The highest BCUT2D eigenvalue weighted by molar-refractivity contribution is 14.0. The first-order valence-corrected chi connectivity index (χ1v) is 6.49. The molecule has 2 aromatic rings. The largest absolute Gasteiger partial charge is 0.379 e. The van der Waals surface area contributed by atoms with Gasteiger partial charge < -0.3 is 10.3 Å². The van der Waals surface area contributed by atoms with E-state index in [1.54, 1.807) is 11.6 Å². The van der Waals surface area contributed by atoms with Crippen molar-refractivity contribution in [3.05, 3.63) is 27.2 Å². The van der Waals surface area contributed by atoms with Gasteiger partial charge in [-0.25, -0.2) is 9.78 Å². The first-order chi connectivity index (χ1) is 8.93. The van der Waals surface area contributed by atoms with Gasteiger partial charge in [0.15, 0.2) is 16.3 Å². The zero-order chi connectivity index (χ0) is 14.2. The van der Waals surface area contributed by atoms with Gasteiger partial charge in [0.1, 0.15) is 0 Å². The third-order valence-corrected chi connectivity index (χ3v) is 3.50. The van der Waals surface area contributed by atoms with Crippen molar-refractivity contribution in [1.29, 1.82) is 5.41 Å². The molecule has 0 unspecified atom stereocenters. The summed E-state index contributed by atoms with van der Waals surface area (Å²) in [7, 11) is 3.01. The normalized spacial score (nSPS) is 10.5. The van der Waals surface area contributed by atoms with Gasteiger partial charge in [0.25, 0.3) is 5.56 Å². The Kier molecular flexibility index (Phi) is 5.39. The average molecular weight is 410 g/mol. The Morgan fingerprint density at radius 1 is 1.40 bits per heavy atom. The number of hydrogen-bond donors (Lipinski definition) is 2. The summed E-state index contributed by atoms with van der Waals surface area (Å²) in [4.78, 5) is 27.9. The fraction of sp³-hybridized carbons (Fsp3) is 0.400. The van der Waals surface area contributed by atoms with E-state index in [-0.39, 0.29) is 34.7 Å². The van der Waals surface area contributed by atoms with Gasteiger partial charge in [0, 0.05) is 26.4 Å². The van der Waals surface area contributed by atoms with Gasteiger partial charge >= 0.3 is 5.69 Å². The molecule has 8 nitrogen and oxygen atoms in total. The van der Waals surface area contributed by atoms with Crippen molar-refractivity contribution < 1.29 is 0 Å². The molecule has 2 aromatic heterocycles. The van der Waals surface area contributed by atoms with Crippen LogP contribution in [-0.2, 0) is 20.6 Å². The Morgan fingerprint density at radius 2 is 2.05 bits per heavy atom. The van der Waals surface area contributed by atoms with Crippen LogP contribution < -0.4 is 17.0 Å². The Hall–Kier alpha value is -1.30. The van der Waals surface area contributed by atoms with E-state index < -0.39 is 5.69 Å². The number of halogens is 1. The van der Waals surface area contributed by atoms with Crippen LogP contribution in [0.5, 0.6) is 0 Å². The lowest BCUT2D eigenvalue weighted by atomic mass is 10.5. The number of nitrogens with two attached hydrogens (primary N) is 1. The Labute approximate surface area is 135 Å². The number of hydrogen-bond acceptors (Lipinski definition) is 5. The molecule has 0 fully saturated rings. The molecule has 0 aliphatic carbocycles. The number of amidine groups is 1. The maximum atomic E-state index is 12.1. The summed E-state index contributed by atoms with van der Waals surface area (Å²) in [6, 6.07) is 0. The second-order valence-electron chi connectivity index (χ2n) is 4.03. The molecule has 0 saturated carbocycles. The number of nitrogens with zero attached hydrogens (tertiary/aromatic N) is 4. The third-order valence-electron chi connectivity index (χ3n) is 2.81. The van der Waals surface area contributed by atoms with Crippen molar-refractivity contribution in [1.82, 2.24) is 18.7 Å². The summed E-state index contributed by atoms with van der Waals surface area (Å²) in [6.07, 6.45) is 1.52. The second-order valence-corrected chi connectivity index (χ2v) is 5.17. The Morgan fingerprint density at radius 3 is 2.65 bits per heavy atom. The van der Waals surface area contributed by atoms with E-state index in [0.717, 1.165) is 4.57 Å². The minimum Gasteiger partial charge on any atom is -0.379 e. The third kappa shape index (κ3) is 2.90. The summed E-state index contributed by atoms with van der Waals surface area (Å²) in [6.45, 7) is 0.494. The zero-order valence-corrected chi connectivity index (χ0v) is 14.1. The molecule has 0 aromatic carbocycles. The minimum absolute atomic E-state index is 0. The van der Waals surface area contributed by atoms with E-state index in [4.69, 9.17) is 11.1 Å². The summed E-state index contributed by atoms with van der Waals surface area (Å²) in [5, 5.41) is 7.16. The summed E-state index contributed by atoms with van der Waals surface area (Å²) in [5.74, 6) is 0.562. The predicted octanol–water partition coefficient (Wildman–Crippen LogP) is -0.322. The summed E-state index contributed by atoms with van der Waals surface area (Å²) >= 11 is 1.19. The fourth-order valence-corrected chi connectivity index (χ4v) is 2.33. The van der Waals surface area contributed by atoms with Gasteiger partial charge in [0.05, 0.1) is 6.33 Å². The van der Waals surface area contributed by atoms with Crippen molar-refractivity contribution >= 4 is 52.1 Å². The van der Waals surface area contributed by atoms with Crippen molar-refractivity contribution in [3.8, 4) is 0 Å². The van der Waals surface area contributed by atoms with E-state index in [0.29, 0.717) is 23.5 Å². The highest BCUT2D eigenvalue weighted by Crippen LogP contribution is 2.07. The van der Waals surface area contributed by atoms with E-state index >= 15 is 0 Å². The van der Waals surface area contributed by atoms with Crippen LogP contribution in [-0.4, -0.2) is 29.6 Å². The van der Waals surface area contributed by atoms with Gasteiger partial charge in [-0.15, -0.1) is 24.0 Å². The molecular formula is C10H15IN6O2S. The zero-order valence-electron chi connectivity index (χ0n) is 11.0. The van der Waals surface area contributed by atoms with Crippen molar-refractivity contribution in [2.45, 2.75) is 6.54 Å². The average Bonchev–Trinajstić information content (AvgIpc) is 2.77. The van der Waals surface area contributed by atoms with Crippen LogP contribution in [0.15, 0.2) is 15.9 Å². The van der Waals surface area contributed by atoms with Crippen LogP contribution in [0, 0.1) is 5.41 Å². The molecule has 0 aliphatic rings. The van der Waals surface area contributed by atoms with E-state index in [2.05, 4.69) is 4.98 Å². The predicted molar refractivity (Wildman–Crippen MR) is 90.0 cm³/mol. The fourth-order valence-electron chi connectivity index (χ4n) is 1.82. The number of imidazole rings is 1. The van der Waals surface area contributed by atoms with Crippen LogP contribution in [0.3, 0.4) is 0 Å². The lowest BCUT2D eigenvalue weighted by molar-refractivity contribution is 0.700. The minimum atomic E-state index is -0.402. The number of rotatable bonds is 3. The second kappa shape index (κ2) is 6.43. The number of aryl methyl sites for hydroxylation is 2. The van der Waals surface area contributed by atoms with Gasteiger partial charge in [-0.1, -0.05) is 11.8 Å². The van der Waals surface area contributed by atoms with Crippen LogP contribution in [0.1, 0.15) is 0 Å². The first kappa shape index (κ1) is 16.8. The van der Waals surface area contributed by atoms with Crippen LogP contribution in [0.25, 0.3) is 11.2 Å². The molecule has 2 rings (SSSR count). The SMILES string of the molecule is Cn1c(=O)c2c(ncn2CCSC(=N)N)n(C)c1=O.I. The van der Waals surface area contributed by atoms with Crippen molar-refractivity contribution in [2.75, 3.05) is 5.75 Å². The van der Waals surface area contributed by atoms with E-state index in [9.17, 15) is 9.59 Å². The van der Waals surface area contributed by atoms with Crippen LogP contribution in [0.4, 0.5) is 0 Å². The molecule has 0 amide bonds. The van der Waals surface area contributed by atoms with Crippen LogP contribution in [0.2, 0.25) is 0 Å². The molecule has 110 valence electrons. The van der Waals surface area contributed by atoms with E-state index in [1.165, 1.54) is 29.7 Å². The first-order valence-electron chi connectivity index (χ1n) is 5.51. The molecule has 0 spiro atoms. The highest BCUT2D eigenvalue weighted by atomic mass is 127. The molecule has 0 atom stereocenters. The molecular weight excluding hydrogens is 395 g/mol. The standard InChI is InChI=1S/C10H14N6O2S.HI/c1-14-7-6(8(17)15(2)10(14)18)16(5-13-7)3-4-19-9(11)12;/h5H,3-4H2,1-2H3,(H3,11,12);1H. The van der Waals surface area contributed by atoms with Crippen molar-refractivity contribution in [2.24, 2.45) is 19.8 Å². The number of fused-ring (bicyclic) bond motifs is 1. The number of thioether (sulfide) groups is 1. The van der Waals surface area contributed by atoms with Gasteiger partial charge in [-0.2, -0.15) is 0 Å². The maximum Gasteiger partial charge on any atom is 0.332 e. The molecule has 0 aliphatic heterocycles.